The molecular formula is C36H21N3O2S2. The van der Waals surface area contributed by atoms with E-state index in [9.17, 15) is 8.42 Å². The van der Waals surface area contributed by atoms with Gasteiger partial charge in [0.05, 0.1) is 21.2 Å². The van der Waals surface area contributed by atoms with Crippen LogP contribution in [0.3, 0.4) is 0 Å². The van der Waals surface area contributed by atoms with Gasteiger partial charge >= 0.3 is 0 Å². The maximum Gasteiger partial charge on any atom is 0.210 e. The molecule has 7 aromatic rings. The lowest BCUT2D eigenvalue weighted by Gasteiger charge is -2.33. The van der Waals surface area contributed by atoms with Crippen molar-refractivity contribution in [1.29, 1.82) is 0 Å². The fourth-order valence-corrected chi connectivity index (χ4v) is 8.73. The monoisotopic (exact) mass is 591 g/mol. The average molecular weight is 592 g/mol. The van der Waals surface area contributed by atoms with Crippen molar-refractivity contribution in [2.75, 3.05) is 4.90 Å². The summed E-state index contributed by atoms with van der Waals surface area (Å²) in [4.78, 5) is 7.55. The molecule has 2 aliphatic rings. The van der Waals surface area contributed by atoms with Crippen LogP contribution in [0.5, 0.6) is 0 Å². The second-order valence-corrected chi connectivity index (χ2v) is 13.4. The van der Waals surface area contributed by atoms with E-state index in [1.54, 1.807) is 24.3 Å². The number of sulfone groups is 1. The van der Waals surface area contributed by atoms with Gasteiger partial charge in [-0.25, -0.2) is 13.4 Å². The highest BCUT2D eigenvalue weighted by atomic mass is 32.2. The van der Waals surface area contributed by atoms with Gasteiger partial charge in [0.25, 0.3) is 0 Å². The van der Waals surface area contributed by atoms with Crippen molar-refractivity contribution in [2.24, 2.45) is 0 Å². The zero-order chi connectivity index (χ0) is 28.7. The second-order valence-electron chi connectivity index (χ2n) is 10.7. The number of nitrogens with zero attached hydrogens (tertiary/aromatic N) is 3. The van der Waals surface area contributed by atoms with Crippen LogP contribution in [0, 0.1) is 0 Å². The lowest BCUT2D eigenvalue weighted by atomic mass is 10.0. The number of para-hydroxylation sites is 2. The van der Waals surface area contributed by atoms with Crippen LogP contribution in [-0.2, 0) is 9.84 Å². The van der Waals surface area contributed by atoms with Gasteiger partial charge in [0.15, 0.2) is 5.82 Å². The van der Waals surface area contributed by atoms with Crippen LogP contribution in [0.2, 0.25) is 0 Å². The fraction of sp³-hybridized carbons (Fsp3) is 0. The van der Waals surface area contributed by atoms with Gasteiger partial charge in [-0.1, -0.05) is 84.9 Å². The summed E-state index contributed by atoms with van der Waals surface area (Å²) in [5.41, 5.74) is 8.99. The molecule has 0 fully saturated rings. The summed E-state index contributed by atoms with van der Waals surface area (Å²) in [5.74, 6) is 0.638. The molecule has 43 heavy (non-hydrogen) atoms. The molecule has 0 amide bonds. The first kappa shape index (κ1) is 24.5. The molecule has 0 radical (unpaired) electrons. The molecule has 1 aliphatic heterocycles. The Balaban J connectivity index is 1.12. The topological polar surface area (TPSA) is 63.2 Å². The van der Waals surface area contributed by atoms with E-state index in [0.717, 1.165) is 21.8 Å². The Morgan fingerprint density at radius 3 is 2.00 bits per heavy atom. The van der Waals surface area contributed by atoms with E-state index in [2.05, 4.69) is 54.6 Å². The summed E-state index contributed by atoms with van der Waals surface area (Å²) in [7, 11) is -3.63. The summed E-state index contributed by atoms with van der Waals surface area (Å²) in [5, 5.41) is 3.41. The smallest absolute Gasteiger partial charge is 0.210 e. The van der Waals surface area contributed by atoms with E-state index in [4.69, 9.17) is 9.36 Å². The van der Waals surface area contributed by atoms with Crippen molar-refractivity contribution in [3.8, 4) is 44.2 Å². The third-order valence-corrected chi connectivity index (χ3v) is 10.9. The normalized spacial score (nSPS) is 13.9. The summed E-state index contributed by atoms with van der Waals surface area (Å²) >= 11 is 1.38. The molecule has 0 saturated heterocycles. The van der Waals surface area contributed by atoms with Gasteiger partial charge < -0.3 is 4.90 Å². The molecule has 0 spiro atoms. The molecule has 2 heterocycles. The Kier molecular flexibility index (Phi) is 5.09. The van der Waals surface area contributed by atoms with E-state index in [0.29, 0.717) is 27.0 Å². The molecule has 7 heteroatoms. The number of rotatable bonds is 3. The maximum absolute atomic E-state index is 13.4. The second kappa shape index (κ2) is 8.94. The first-order chi connectivity index (χ1) is 21.1. The van der Waals surface area contributed by atoms with Crippen LogP contribution in [0.15, 0.2) is 137 Å². The summed E-state index contributed by atoms with van der Waals surface area (Å²) in [6.45, 7) is 0. The van der Waals surface area contributed by atoms with E-state index >= 15 is 0 Å². The van der Waals surface area contributed by atoms with Gasteiger partial charge in [-0.2, -0.15) is 4.37 Å². The van der Waals surface area contributed by atoms with E-state index < -0.39 is 9.84 Å². The number of benzene rings is 6. The molecule has 0 bridgehead atoms. The van der Waals surface area contributed by atoms with Gasteiger partial charge in [0.2, 0.25) is 9.84 Å². The highest BCUT2D eigenvalue weighted by Gasteiger charge is 2.34. The number of fused-ring (bicyclic) bond motifs is 5. The van der Waals surface area contributed by atoms with Crippen molar-refractivity contribution in [3.63, 3.8) is 0 Å². The molecule has 0 atom stereocenters. The molecule has 6 aromatic carbocycles. The standard InChI is InChI=1S/C36H21N3O2S2/c40-43(41)32-16-3-1-14-30(32)39(31-15-2-4-17-33(31)43)25-11-5-10-23(20-25)35-37-36(42-38-35)24-18-19-26-27-12-6-8-22-9-7-13-28(34(22)27)29(26)21-24/h1-21H. The zero-order valence-electron chi connectivity index (χ0n) is 22.6. The lowest BCUT2D eigenvalue weighted by Crippen LogP contribution is -2.22. The third-order valence-electron chi connectivity index (χ3n) is 8.33. The van der Waals surface area contributed by atoms with Crippen LogP contribution in [0.25, 0.3) is 55.0 Å². The predicted octanol–water partition coefficient (Wildman–Crippen LogP) is 9.29. The largest absolute Gasteiger partial charge is 0.308 e. The Hall–Kier alpha value is -5.11. The molecular weight excluding hydrogens is 571 g/mol. The Morgan fingerprint density at radius 1 is 0.581 bits per heavy atom. The van der Waals surface area contributed by atoms with Crippen LogP contribution in [0.1, 0.15) is 0 Å². The fourth-order valence-electron chi connectivity index (χ4n) is 6.43. The minimum absolute atomic E-state index is 0.294. The number of aromatic nitrogens is 2. The van der Waals surface area contributed by atoms with Crippen molar-refractivity contribution in [2.45, 2.75) is 9.79 Å². The minimum atomic E-state index is -3.63. The Bertz CT molecular complexity index is 2340. The molecule has 1 aliphatic carbocycles. The maximum atomic E-state index is 13.4. The van der Waals surface area contributed by atoms with Crippen molar-refractivity contribution >= 4 is 49.2 Å². The number of anilines is 3. The molecule has 0 saturated carbocycles. The van der Waals surface area contributed by atoms with E-state index in [1.807, 2.05) is 53.4 Å². The van der Waals surface area contributed by atoms with Gasteiger partial charge in [-0.15, -0.1) is 0 Å². The molecule has 0 N–H and O–H groups in total. The Labute approximate surface area is 252 Å². The Morgan fingerprint density at radius 2 is 1.26 bits per heavy atom. The van der Waals surface area contributed by atoms with Gasteiger partial charge in [0, 0.05) is 16.8 Å². The summed E-state index contributed by atoms with van der Waals surface area (Å²) in [6, 6.07) is 41.8. The zero-order valence-corrected chi connectivity index (χ0v) is 24.2. The van der Waals surface area contributed by atoms with Gasteiger partial charge in [0.1, 0.15) is 5.01 Å². The quantitative estimate of drug-likeness (QED) is 0.205. The van der Waals surface area contributed by atoms with E-state index in [-0.39, 0.29) is 0 Å². The first-order valence-corrected chi connectivity index (χ1v) is 16.2. The SMILES string of the molecule is O=S1(=O)c2ccccc2N(c2cccc(-c3nsc(-c4ccc5c(c4)-c4cccc6cccc-5c46)n3)c2)c2ccccc21. The van der Waals surface area contributed by atoms with E-state index in [1.165, 1.54) is 44.6 Å². The predicted molar refractivity (Wildman–Crippen MR) is 173 cm³/mol. The van der Waals surface area contributed by atoms with Crippen LogP contribution in [0.4, 0.5) is 17.1 Å². The van der Waals surface area contributed by atoms with Crippen molar-refractivity contribution in [1.82, 2.24) is 9.36 Å². The molecule has 0 unspecified atom stereocenters. The van der Waals surface area contributed by atoms with Gasteiger partial charge in [-0.3, -0.25) is 0 Å². The number of hydrogen-bond donors (Lipinski definition) is 0. The average Bonchev–Trinajstić information content (AvgIpc) is 3.67. The lowest BCUT2D eigenvalue weighted by molar-refractivity contribution is 0.595. The number of hydrogen-bond acceptors (Lipinski definition) is 6. The van der Waals surface area contributed by atoms with Crippen LogP contribution >= 0.6 is 11.5 Å². The molecule has 9 rings (SSSR count). The molecule has 5 nitrogen and oxygen atoms in total. The first-order valence-electron chi connectivity index (χ1n) is 13.9. The third kappa shape index (κ3) is 3.52. The van der Waals surface area contributed by atoms with Gasteiger partial charge in [-0.05, 0) is 87.0 Å². The minimum Gasteiger partial charge on any atom is -0.308 e. The summed E-state index contributed by atoms with van der Waals surface area (Å²) < 4.78 is 31.6. The van der Waals surface area contributed by atoms with Crippen LogP contribution in [-0.4, -0.2) is 17.8 Å². The highest BCUT2D eigenvalue weighted by Crippen LogP contribution is 2.50. The molecule has 204 valence electrons. The molecule has 1 aromatic heterocycles. The van der Waals surface area contributed by atoms with Crippen molar-refractivity contribution < 1.29 is 8.42 Å². The highest BCUT2D eigenvalue weighted by molar-refractivity contribution is 7.92. The van der Waals surface area contributed by atoms with Crippen molar-refractivity contribution in [3.05, 3.63) is 127 Å². The summed E-state index contributed by atoms with van der Waals surface area (Å²) in [6.07, 6.45) is 0. The van der Waals surface area contributed by atoms with Crippen LogP contribution < -0.4 is 4.90 Å².